The first-order chi connectivity index (χ1) is 9.35. The highest BCUT2D eigenvalue weighted by Gasteiger charge is 2.16. The molecule has 0 aliphatic heterocycles. The van der Waals surface area contributed by atoms with Gasteiger partial charge in [-0.15, -0.1) is 0 Å². The maximum absolute atomic E-state index is 11.4. The summed E-state index contributed by atoms with van der Waals surface area (Å²) in [6.45, 7) is 2.12. The smallest absolute Gasteiger partial charge is 0.214 e. The van der Waals surface area contributed by atoms with Gasteiger partial charge in [-0.05, 0) is 30.5 Å². The fourth-order valence-corrected chi connectivity index (χ4v) is 2.28. The molecule has 0 aromatic heterocycles. The molecule has 1 atom stereocenters. The number of hydrogen-bond donors (Lipinski definition) is 0. The maximum atomic E-state index is 11.4. The highest BCUT2D eigenvalue weighted by atomic mass is 16.1. The van der Waals surface area contributed by atoms with E-state index in [-0.39, 0.29) is 6.04 Å². The first kappa shape index (κ1) is 13.3. The Hall–Kier alpha value is -2.09. The first-order valence-corrected chi connectivity index (χ1v) is 6.67. The molecule has 2 rings (SSSR count). The molecule has 1 unspecified atom stereocenters. The number of amides is 1. The number of para-hydroxylation sites is 1. The van der Waals surface area contributed by atoms with Gasteiger partial charge in [0.1, 0.15) is 0 Å². The van der Waals surface area contributed by atoms with Crippen LogP contribution in [0.5, 0.6) is 0 Å². The summed E-state index contributed by atoms with van der Waals surface area (Å²) in [4.78, 5) is 13.2. The Morgan fingerprint density at radius 3 is 2.11 bits per heavy atom. The second-order valence-corrected chi connectivity index (χ2v) is 4.60. The summed E-state index contributed by atoms with van der Waals surface area (Å²) in [5.41, 5.74) is 2.22. The quantitative estimate of drug-likeness (QED) is 0.719. The van der Waals surface area contributed by atoms with Gasteiger partial charge in [-0.1, -0.05) is 55.5 Å². The van der Waals surface area contributed by atoms with Gasteiger partial charge >= 0.3 is 0 Å². The van der Waals surface area contributed by atoms with Crippen molar-refractivity contribution in [3.63, 3.8) is 0 Å². The van der Waals surface area contributed by atoms with E-state index < -0.39 is 0 Å². The van der Waals surface area contributed by atoms with Crippen molar-refractivity contribution < 1.29 is 4.79 Å². The fourth-order valence-electron chi connectivity index (χ4n) is 2.28. The van der Waals surface area contributed by atoms with Crippen LogP contribution in [0.2, 0.25) is 0 Å². The predicted octanol–water partition coefficient (Wildman–Crippen LogP) is 3.67. The number of rotatable bonds is 6. The van der Waals surface area contributed by atoms with E-state index in [0.29, 0.717) is 0 Å². The first-order valence-electron chi connectivity index (χ1n) is 6.67. The summed E-state index contributed by atoms with van der Waals surface area (Å²) in [5, 5.41) is 0. The van der Waals surface area contributed by atoms with Crippen molar-refractivity contribution in [2.45, 2.75) is 25.8 Å². The largest absolute Gasteiger partial charge is 0.312 e. The zero-order chi connectivity index (χ0) is 13.5. The minimum absolute atomic E-state index is 0.197. The Balaban J connectivity index is 2.18. The highest BCUT2D eigenvalue weighted by molar-refractivity contribution is 5.75. The Morgan fingerprint density at radius 2 is 1.58 bits per heavy atom. The van der Waals surface area contributed by atoms with Crippen molar-refractivity contribution in [1.82, 2.24) is 0 Å². The van der Waals surface area contributed by atoms with Crippen LogP contribution in [0.4, 0.5) is 5.69 Å². The molecule has 2 aromatic carbocycles. The normalized spacial score (nSPS) is 11.8. The lowest BCUT2D eigenvalue weighted by Gasteiger charge is -2.27. The molecule has 0 bridgehead atoms. The lowest BCUT2D eigenvalue weighted by Crippen LogP contribution is -2.35. The minimum Gasteiger partial charge on any atom is -0.312 e. The molecule has 1 amide bonds. The van der Waals surface area contributed by atoms with Crippen LogP contribution < -0.4 is 4.90 Å². The summed E-state index contributed by atoms with van der Waals surface area (Å²) >= 11 is 0. The van der Waals surface area contributed by atoms with E-state index in [1.165, 1.54) is 5.56 Å². The zero-order valence-electron chi connectivity index (χ0n) is 11.2. The Morgan fingerprint density at radius 1 is 1.00 bits per heavy atom. The molecule has 0 radical (unpaired) electrons. The molecule has 98 valence electrons. The standard InChI is InChI=1S/C17H19NO/c1-2-16(13-15-9-5-3-6-10-15)18(14-19)17-11-7-4-8-12-17/h3-12,14,16H,2,13H2,1H3. The van der Waals surface area contributed by atoms with Crippen LogP contribution in [0.3, 0.4) is 0 Å². The number of carbonyl (C=O) groups is 1. The third kappa shape index (κ3) is 3.44. The average molecular weight is 253 g/mol. The van der Waals surface area contributed by atoms with E-state index in [1.54, 1.807) is 0 Å². The molecule has 0 heterocycles. The van der Waals surface area contributed by atoms with E-state index in [9.17, 15) is 4.79 Å². The van der Waals surface area contributed by atoms with Crippen LogP contribution in [-0.4, -0.2) is 12.5 Å². The van der Waals surface area contributed by atoms with Gasteiger partial charge in [0.25, 0.3) is 0 Å². The van der Waals surface area contributed by atoms with Crippen molar-refractivity contribution in [2.75, 3.05) is 4.90 Å². The van der Waals surface area contributed by atoms with Crippen molar-refractivity contribution in [3.05, 3.63) is 66.2 Å². The highest BCUT2D eigenvalue weighted by Crippen LogP contribution is 2.19. The van der Waals surface area contributed by atoms with Crippen LogP contribution in [0, 0.1) is 0 Å². The molecule has 0 N–H and O–H groups in total. The van der Waals surface area contributed by atoms with E-state index in [2.05, 4.69) is 19.1 Å². The lowest BCUT2D eigenvalue weighted by atomic mass is 10.0. The van der Waals surface area contributed by atoms with Crippen LogP contribution >= 0.6 is 0 Å². The third-order valence-corrected chi connectivity index (χ3v) is 3.35. The number of nitrogens with zero attached hydrogens (tertiary/aromatic N) is 1. The molecule has 0 saturated heterocycles. The Labute approximate surface area is 114 Å². The topological polar surface area (TPSA) is 20.3 Å². The third-order valence-electron chi connectivity index (χ3n) is 3.35. The van der Waals surface area contributed by atoms with Gasteiger partial charge in [0.2, 0.25) is 6.41 Å². The maximum Gasteiger partial charge on any atom is 0.214 e. The summed E-state index contributed by atoms with van der Waals surface area (Å²) in [7, 11) is 0. The van der Waals surface area contributed by atoms with Gasteiger partial charge in [-0.25, -0.2) is 0 Å². The number of hydrogen-bond acceptors (Lipinski definition) is 1. The van der Waals surface area contributed by atoms with Crippen LogP contribution in [-0.2, 0) is 11.2 Å². The molecular weight excluding hydrogens is 234 g/mol. The summed E-state index contributed by atoms with van der Waals surface area (Å²) in [5.74, 6) is 0. The van der Waals surface area contributed by atoms with Crippen molar-refractivity contribution in [1.29, 1.82) is 0 Å². The average Bonchev–Trinajstić information content (AvgIpc) is 2.49. The second-order valence-electron chi connectivity index (χ2n) is 4.60. The molecule has 2 aromatic rings. The van der Waals surface area contributed by atoms with Crippen LogP contribution in [0.15, 0.2) is 60.7 Å². The van der Waals surface area contributed by atoms with Crippen molar-refractivity contribution in [2.24, 2.45) is 0 Å². The summed E-state index contributed by atoms with van der Waals surface area (Å²) in [6.07, 6.45) is 2.75. The number of anilines is 1. The predicted molar refractivity (Wildman–Crippen MR) is 79.2 cm³/mol. The zero-order valence-corrected chi connectivity index (χ0v) is 11.2. The van der Waals surface area contributed by atoms with E-state index >= 15 is 0 Å². The van der Waals surface area contributed by atoms with Crippen molar-refractivity contribution in [3.8, 4) is 0 Å². The molecule has 0 aliphatic rings. The summed E-state index contributed by atoms with van der Waals surface area (Å²) in [6, 6.07) is 20.3. The fraction of sp³-hybridized carbons (Fsp3) is 0.235. The Bertz CT molecular complexity index is 495. The van der Waals surface area contributed by atoms with Crippen LogP contribution in [0.25, 0.3) is 0 Å². The SMILES string of the molecule is CCC(Cc1ccccc1)N(C=O)c1ccccc1. The summed E-state index contributed by atoms with van der Waals surface area (Å²) < 4.78 is 0. The molecule has 2 nitrogen and oxygen atoms in total. The monoisotopic (exact) mass is 253 g/mol. The van der Waals surface area contributed by atoms with Gasteiger partial charge in [-0.3, -0.25) is 4.79 Å². The van der Waals surface area contributed by atoms with Crippen molar-refractivity contribution >= 4 is 12.1 Å². The van der Waals surface area contributed by atoms with Gasteiger partial charge < -0.3 is 4.90 Å². The molecule has 0 saturated carbocycles. The van der Waals surface area contributed by atoms with E-state index in [0.717, 1.165) is 24.9 Å². The molecule has 0 fully saturated rings. The number of carbonyl (C=O) groups excluding carboxylic acids is 1. The van der Waals surface area contributed by atoms with Gasteiger partial charge in [0.15, 0.2) is 0 Å². The molecule has 0 aliphatic carbocycles. The molecule has 2 heteroatoms. The van der Waals surface area contributed by atoms with Crippen LogP contribution in [0.1, 0.15) is 18.9 Å². The minimum atomic E-state index is 0.197. The van der Waals surface area contributed by atoms with E-state index in [1.807, 2.05) is 53.4 Å². The second kappa shape index (κ2) is 6.74. The van der Waals surface area contributed by atoms with Gasteiger partial charge in [0.05, 0.1) is 0 Å². The molecule has 19 heavy (non-hydrogen) atoms. The molecular formula is C17H19NO. The Kier molecular flexibility index (Phi) is 4.73. The lowest BCUT2D eigenvalue weighted by molar-refractivity contribution is -0.107. The van der Waals surface area contributed by atoms with Gasteiger partial charge in [0, 0.05) is 11.7 Å². The molecule has 0 spiro atoms. The van der Waals surface area contributed by atoms with Gasteiger partial charge in [-0.2, -0.15) is 0 Å². The number of benzene rings is 2. The van der Waals surface area contributed by atoms with E-state index in [4.69, 9.17) is 0 Å².